The Balaban J connectivity index is 1.62. The third-order valence-electron chi connectivity index (χ3n) is 4.73. The van der Waals surface area contributed by atoms with E-state index >= 15 is 0 Å². The van der Waals surface area contributed by atoms with Crippen molar-refractivity contribution in [3.05, 3.63) is 53.9 Å². The fraction of sp³-hybridized carbons (Fsp3) is 0.409. The number of carbonyl (C=O) groups excluding carboxylic acids is 2. The lowest BCUT2D eigenvalue weighted by atomic mass is 10.1. The summed E-state index contributed by atoms with van der Waals surface area (Å²) < 4.78 is 0. The lowest BCUT2D eigenvalue weighted by molar-refractivity contribution is 0.0944. The van der Waals surface area contributed by atoms with Crippen LogP contribution >= 0.6 is 0 Å². The molecule has 0 bridgehead atoms. The van der Waals surface area contributed by atoms with Crippen LogP contribution in [0.4, 0.5) is 11.4 Å². The number of piperidine rings is 1. The smallest absolute Gasteiger partial charge is 0.274 e. The van der Waals surface area contributed by atoms with E-state index in [1.807, 2.05) is 38.1 Å². The predicted octanol–water partition coefficient (Wildman–Crippen LogP) is 3.71. The second-order valence-electron chi connectivity index (χ2n) is 7.56. The average Bonchev–Trinajstić information content (AvgIpc) is 2.73. The molecule has 1 saturated heterocycles. The monoisotopic (exact) mass is 380 g/mol. The third kappa shape index (κ3) is 5.31. The Morgan fingerprint density at radius 2 is 1.61 bits per heavy atom. The number of nitrogens with zero attached hydrogens (tertiary/aromatic N) is 2. The quantitative estimate of drug-likeness (QED) is 0.801. The van der Waals surface area contributed by atoms with Crippen LogP contribution in [0.1, 0.15) is 54.1 Å². The molecule has 2 N–H and O–H groups in total. The molecule has 1 aliphatic rings. The molecule has 1 aromatic heterocycles. The number of benzene rings is 1. The van der Waals surface area contributed by atoms with E-state index in [-0.39, 0.29) is 23.2 Å². The molecule has 0 radical (unpaired) electrons. The van der Waals surface area contributed by atoms with Crippen molar-refractivity contribution in [3.8, 4) is 0 Å². The minimum atomic E-state index is -0.329. The zero-order chi connectivity index (χ0) is 19.9. The number of anilines is 2. The number of pyridine rings is 1. The van der Waals surface area contributed by atoms with Gasteiger partial charge in [-0.25, -0.2) is 4.98 Å². The van der Waals surface area contributed by atoms with Gasteiger partial charge in [0, 0.05) is 31.0 Å². The summed E-state index contributed by atoms with van der Waals surface area (Å²) in [6.07, 6.45) is 3.75. The maximum atomic E-state index is 12.5. The average molecular weight is 380 g/mol. The van der Waals surface area contributed by atoms with Gasteiger partial charge in [-0.05, 0) is 61.6 Å². The molecule has 0 unspecified atom stereocenters. The first-order chi connectivity index (χ1) is 13.5. The largest absolute Gasteiger partial charge is 0.372 e. The number of carbonyl (C=O) groups is 2. The zero-order valence-corrected chi connectivity index (χ0v) is 16.6. The van der Waals surface area contributed by atoms with Crippen LogP contribution in [0.2, 0.25) is 0 Å². The summed E-state index contributed by atoms with van der Waals surface area (Å²) in [6, 6.07) is 12.8. The first-order valence-corrected chi connectivity index (χ1v) is 9.94. The summed E-state index contributed by atoms with van der Waals surface area (Å²) in [6.45, 7) is 6.78. The van der Waals surface area contributed by atoms with Crippen LogP contribution in [0.15, 0.2) is 42.5 Å². The van der Waals surface area contributed by atoms with Gasteiger partial charge in [-0.2, -0.15) is 0 Å². The molecule has 2 amide bonds. The van der Waals surface area contributed by atoms with Crippen LogP contribution in [0.25, 0.3) is 0 Å². The Kier molecular flexibility index (Phi) is 6.63. The van der Waals surface area contributed by atoms with Crippen LogP contribution in [-0.2, 0) is 0 Å². The SMILES string of the molecule is CC(C)CNC(=O)c1cccc(C(=O)Nc2ccc(N3CCCCC3)cc2)n1. The summed E-state index contributed by atoms with van der Waals surface area (Å²) in [5.74, 6) is -0.248. The summed E-state index contributed by atoms with van der Waals surface area (Å²) in [5.41, 5.74) is 2.35. The fourth-order valence-electron chi connectivity index (χ4n) is 3.18. The highest BCUT2D eigenvalue weighted by molar-refractivity contribution is 6.03. The van der Waals surface area contributed by atoms with Gasteiger partial charge in [-0.1, -0.05) is 19.9 Å². The van der Waals surface area contributed by atoms with Crippen LogP contribution in [0.5, 0.6) is 0 Å². The topological polar surface area (TPSA) is 74.3 Å². The third-order valence-corrected chi connectivity index (χ3v) is 4.73. The Labute approximate surface area is 166 Å². The maximum absolute atomic E-state index is 12.5. The molecule has 3 rings (SSSR count). The van der Waals surface area contributed by atoms with Gasteiger partial charge < -0.3 is 15.5 Å². The second kappa shape index (κ2) is 9.35. The van der Waals surface area contributed by atoms with Crippen LogP contribution in [0, 0.1) is 5.92 Å². The Bertz CT molecular complexity index is 812. The molecular weight excluding hydrogens is 352 g/mol. The van der Waals surface area contributed by atoms with Gasteiger partial charge in [0.2, 0.25) is 0 Å². The molecule has 2 heterocycles. The van der Waals surface area contributed by atoms with Crippen molar-refractivity contribution in [2.45, 2.75) is 33.1 Å². The van der Waals surface area contributed by atoms with Crippen molar-refractivity contribution in [3.63, 3.8) is 0 Å². The molecule has 148 valence electrons. The second-order valence-corrected chi connectivity index (χ2v) is 7.56. The number of hydrogen-bond donors (Lipinski definition) is 2. The van der Waals surface area contributed by atoms with E-state index in [4.69, 9.17) is 0 Å². The molecule has 2 aromatic rings. The Morgan fingerprint density at radius 1 is 0.964 bits per heavy atom. The van der Waals surface area contributed by atoms with Crippen LogP contribution in [-0.4, -0.2) is 36.4 Å². The molecule has 6 heteroatoms. The molecule has 1 fully saturated rings. The standard InChI is InChI=1S/C22H28N4O2/c1-16(2)15-23-21(27)19-7-6-8-20(25-19)22(28)24-17-9-11-18(12-10-17)26-13-4-3-5-14-26/h6-12,16H,3-5,13-15H2,1-2H3,(H,23,27)(H,24,28). The lowest BCUT2D eigenvalue weighted by Crippen LogP contribution is -2.29. The van der Waals surface area contributed by atoms with Crippen molar-refractivity contribution in [1.29, 1.82) is 0 Å². The first-order valence-electron chi connectivity index (χ1n) is 9.94. The fourth-order valence-corrected chi connectivity index (χ4v) is 3.18. The van der Waals surface area contributed by atoms with Gasteiger partial charge in [0.1, 0.15) is 11.4 Å². The Morgan fingerprint density at radius 3 is 2.25 bits per heavy atom. The number of amides is 2. The van der Waals surface area contributed by atoms with Gasteiger partial charge in [0.05, 0.1) is 0 Å². The van der Waals surface area contributed by atoms with Crippen molar-refractivity contribution in [2.24, 2.45) is 5.92 Å². The number of nitrogens with one attached hydrogen (secondary N) is 2. The molecule has 1 aliphatic heterocycles. The molecule has 0 spiro atoms. The van der Waals surface area contributed by atoms with Crippen LogP contribution in [0.3, 0.4) is 0 Å². The molecule has 1 aromatic carbocycles. The number of aromatic nitrogens is 1. The molecule has 0 saturated carbocycles. The Hall–Kier alpha value is -2.89. The number of rotatable bonds is 6. The normalized spacial score (nSPS) is 14.0. The summed E-state index contributed by atoms with van der Waals surface area (Å²) >= 11 is 0. The number of hydrogen-bond acceptors (Lipinski definition) is 4. The predicted molar refractivity (Wildman–Crippen MR) is 112 cm³/mol. The van der Waals surface area contributed by atoms with Crippen molar-refractivity contribution in [2.75, 3.05) is 29.9 Å². The van der Waals surface area contributed by atoms with Gasteiger partial charge in [-0.3, -0.25) is 9.59 Å². The van der Waals surface area contributed by atoms with Gasteiger partial charge in [0.25, 0.3) is 11.8 Å². The van der Waals surface area contributed by atoms with E-state index in [9.17, 15) is 9.59 Å². The summed E-state index contributed by atoms with van der Waals surface area (Å²) in [7, 11) is 0. The highest BCUT2D eigenvalue weighted by atomic mass is 16.2. The van der Waals surface area contributed by atoms with Gasteiger partial charge in [-0.15, -0.1) is 0 Å². The van der Waals surface area contributed by atoms with Gasteiger partial charge in [0.15, 0.2) is 0 Å². The minimum absolute atomic E-state index is 0.220. The van der Waals surface area contributed by atoms with E-state index in [1.54, 1.807) is 18.2 Å². The summed E-state index contributed by atoms with van der Waals surface area (Å²) in [5, 5.41) is 5.67. The molecule has 0 atom stereocenters. The zero-order valence-electron chi connectivity index (χ0n) is 16.6. The summed E-state index contributed by atoms with van der Waals surface area (Å²) in [4.78, 5) is 31.3. The first kappa shape index (κ1) is 19.9. The minimum Gasteiger partial charge on any atom is -0.372 e. The molecule has 6 nitrogen and oxygen atoms in total. The van der Waals surface area contributed by atoms with E-state index in [2.05, 4.69) is 20.5 Å². The van der Waals surface area contributed by atoms with Crippen LogP contribution < -0.4 is 15.5 Å². The maximum Gasteiger partial charge on any atom is 0.274 e. The molecular formula is C22H28N4O2. The highest BCUT2D eigenvalue weighted by Crippen LogP contribution is 2.22. The molecule has 0 aliphatic carbocycles. The van der Waals surface area contributed by atoms with E-state index < -0.39 is 0 Å². The van der Waals surface area contributed by atoms with E-state index in [1.165, 1.54) is 24.9 Å². The van der Waals surface area contributed by atoms with E-state index in [0.717, 1.165) is 13.1 Å². The molecule has 28 heavy (non-hydrogen) atoms. The van der Waals surface area contributed by atoms with E-state index in [0.29, 0.717) is 18.2 Å². The van der Waals surface area contributed by atoms with Crippen molar-refractivity contribution < 1.29 is 9.59 Å². The van der Waals surface area contributed by atoms with Gasteiger partial charge >= 0.3 is 0 Å². The van der Waals surface area contributed by atoms with Crippen molar-refractivity contribution in [1.82, 2.24) is 10.3 Å². The highest BCUT2D eigenvalue weighted by Gasteiger charge is 2.14. The van der Waals surface area contributed by atoms with Crippen molar-refractivity contribution >= 4 is 23.2 Å². The lowest BCUT2D eigenvalue weighted by Gasteiger charge is -2.28.